The molecule has 0 unspecified atom stereocenters. The normalized spacial score (nSPS) is 10.3. The van der Waals surface area contributed by atoms with Crippen LogP contribution < -0.4 is 21.3 Å². The van der Waals surface area contributed by atoms with Gasteiger partial charge in [-0.2, -0.15) is 0 Å². The van der Waals surface area contributed by atoms with Crippen molar-refractivity contribution in [3.63, 3.8) is 0 Å². The van der Waals surface area contributed by atoms with Gasteiger partial charge in [-0.25, -0.2) is 4.79 Å². The van der Waals surface area contributed by atoms with Crippen LogP contribution in [0, 0.1) is 0 Å². The van der Waals surface area contributed by atoms with E-state index in [-0.39, 0.29) is 42.7 Å². The highest BCUT2D eigenvalue weighted by Crippen LogP contribution is 2.09. The highest BCUT2D eigenvalue weighted by atomic mass is 16.3. The quantitative estimate of drug-likeness (QED) is 0.567. The first kappa shape index (κ1) is 19.0. The Balaban J connectivity index is 1.73. The van der Waals surface area contributed by atoms with Crippen LogP contribution in [-0.2, 0) is 0 Å². The predicted octanol–water partition coefficient (Wildman–Crippen LogP) is 1.97. The SMILES string of the molecule is CC(C)NC(=O)Nc1ccc(C(=O)NCCNC(=O)c2ccco2)cc1. The Kier molecular flexibility index (Phi) is 6.78. The van der Waals surface area contributed by atoms with Crippen LogP contribution in [0.25, 0.3) is 0 Å². The number of nitrogens with one attached hydrogen (secondary N) is 4. The summed E-state index contributed by atoms with van der Waals surface area (Å²) in [6, 6.07) is 9.44. The molecule has 0 aliphatic carbocycles. The van der Waals surface area contributed by atoms with Crippen molar-refractivity contribution in [3.05, 3.63) is 54.0 Å². The van der Waals surface area contributed by atoms with Crippen molar-refractivity contribution in [1.82, 2.24) is 16.0 Å². The number of hydrogen-bond acceptors (Lipinski definition) is 4. The van der Waals surface area contributed by atoms with E-state index in [1.54, 1.807) is 36.4 Å². The van der Waals surface area contributed by atoms with E-state index in [1.165, 1.54) is 6.26 Å². The molecule has 0 bridgehead atoms. The van der Waals surface area contributed by atoms with Gasteiger partial charge in [0.25, 0.3) is 11.8 Å². The standard InChI is InChI=1S/C18H22N4O4/c1-12(2)21-18(25)22-14-7-5-13(6-8-14)16(23)19-9-10-20-17(24)15-4-3-11-26-15/h3-8,11-12H,9-10H2,1-2H3,(H,19,23)(H,20,24)(H2,21,22,25). The van der Waals surface area contributed by atoms with Crippen molar-refractivity contribution in [2.24, 2.45) is 0 Å². The van der Waals surface area contributed by atoms with Gasteiger partial charge in [0.2, 0.25) is 0 Å². The lowest BCUT2D eigenvalue weighted by atomic mass is 10.2. The summed E-state index contributed by atoms with van der Waals surface area (Å²) in [5, 5.41) is 10.7. The second-order valence-corrected chi connectivity index (χ2v) is 5.82. The molecule has 1 heterocycles. The lowest BCUT2D eigenvalue weighted by molar-refractivity contribution is 0.0910. The zero-order valence-corrected chi connectivity index (χ0v) is 14.7. The molecule has 0 radical (unpaired) electrons. The minimum absolute atomic E-state index is 0.0355. The Bertz CT molecular complexity index is 739. The molecular formula is C18H22N4O4. The molecule has 26 heavy (non-hydrogen) atoms. The molecule has 0 fully saturated rings. The van der Waals surface area contributed by atoms with E-state index in [4.69, 9.17) is 4.42 Å². The fourth-order valence-corrected chi connectivity index (χ4v) is 2.08. The predicted molar refractivity (Wildman–Crippen MR) is 97.1 cm³/mol. The fraction of sp³-hybridized carbons (Fsp3) is 0.278. The third-order valence-corrected chi connectivity index (χ3v) is 3.27. The van der Waals surface area contributed by atoms with Gasteiger partial charge in [0, 0.05) is 30.4 Å². The molecule has 0 saturated carbocycles. The zero-order chi connectivity index (χ0) is 18.9. The molecule has 2 rings (SSSR count). The lowest BCUT2D eigenvalue weighted by Gasteiger charge is -2.10. The van der Waals surface area contributed by atoms with Crippen LogP contribution in [0.3, 0.4) is 0 Å². The maximum absolute atomic E-state index is 12.1. The zero-order valence-electron chi connectivity index (χ0n) is 14.7. The van der Waals surface area contributed by atoms with Crippen LogP contribution in [-0.4, -0.2) is 37.0 Å². The lowest BCUT2D eigenvalue weighted by Crippen LogP contribution is -2.34. The van der Waals surface area contributed by atoms with Gasteiger partial charge in [-0.05, 0) is 50.2 Å². The van der Waals surface area contributed by atoms with E-state index in [9.17, 15) is 14.4 Å². The number of anilines is 1. The first-order chi connectivity index (χ1) is 12.5. The number of amides is 4. The molecule has 1 aromatic heterocycles. The second-order valence-electron chi connectivity index (χ2n) is 5.82. The number of carbonyl (C=O) groups excluding carboxylic acids is 3. The Morgan fingerprint density at radius 3 is 2.19 bits per heavy atom. The van der Waals surface area contributed by atoms with Gasteiger partial charge in [0.05, 0.1) is 6.26 Å². The molecule has 0 spiro atoms. The van der Waals surface area contributed by atoms with Crippen LogP contribution in [0.5, 0.6) is 0 Å². The van der Waals surface area contributed by atoms with Gasteiger partial charge in [-0.3, -0.25) is 9.59 Å². The molecule has 4 amide bonds. The van der Waals surface area contributed by atoms with Crippen molar-refractivity contribution in [2.45, 2.75) is 19.9 Å². The Morgan fingerprint density at radius 2 is 1.62 bits per heavy atom. The monoisotopic (exact) mass is 358 g/mol. The summed E-state index contributed by atoms with van der Waals surface area (Å²) in [7, 11) is 0. The van der Waals surface area contributed by atoms with Crippen LogP contribution in [0.2, 0.25) is 0 Å². The summed E-state index contributed by atoms with van der Waals surface area (Å²) >= 11 is 0. The minimum Gasteiger partial charge on any atom is -0.459 e. The maximum atomic E-state index is 12.1. The van der Waals surface area contributed by atoms with Gasteiger partial charge in [0.1, 0.15) is 0 Å². The molecular weight excluding hydrogens is 336 g/mol. The van der Waals surface area contributed by atoms with Crippen molar-refractivity contribution < 1.29 is 18.8 Å². The van der Waals surface area contributed by atoms with E-state index in [0.29, 0.717) is 11.3 Å². The molecule has 138 valence electrons. The van der Waals surface area contributed by atoms with Crippen LogP contribution >= 0.6 is 0 Å². The Labute approximate surface area is 151 Å². The average molecular weight is 358 g/mol. The Morgan fingerprint density at radius 1 is 0.962 bits per heavy atom. The molecule has 2 aromatic rings. The van der Waals surface area contributed by atoms with Crippen LogP contribution in [0.4, 0.5) is 10.5 Å². The fourth-order valence-electron chi connectivity index (χ4n) is 2.08. The van der Waals surface area contributed by atoms with Gasteiger partial charge in [0.15, 0.2) is 5.76 Å². The van der Waals surface area contributed by atoms with Crippen molar-refractivity contribution in [2.75, 3.05) is 18.4 Å². The van der Waals surface area contributed by atoms with E-state index in [1.807, 2.05) is 13.8 Å². The second kappa shape index (κ2) is 9.26. The molecule has 8 heteroatoms. The number of benzene rings is 1. The van der Waals surface area contributed by atoms with Gasteiger partial charge in [-0.15, -0.1) is 0 Å². The Hall–Kier alpha value is -3.29. The summed E-state index contributed by atoms with van der Waals surface area (Å²) in [4.78, 5) is 35.3. The highest BCUT2D eigenvalue weighted by molar-refractivity contribution is 5.95. The molecule has 4 N–H and O–H groups in total. The summed E-state index contributed by atoms with van der Waals surface area (Å²) in [6.07, 6.45) is 1.42. The third kappa shape index (κ3) is 5.97. The summed E-state index contributed by atoms with van der Waals surface area (Å²) in [5.74, 6) is -0.379. The van der Waals surface area contributed by atoms with E-state index >= 15 is 0 Å². The molecule has 8 nitrogen and oxygen atoms in total. The number of furan rings is 1. The van der Waals surface area contributed by atoms with Gasteiger partial charge in [-0.1, -0.05) is 0 Å². The van der Waals surface area contributed by atoms with Crippen LogP contribution in [0.15, 0.2) is 47.1 Å². The van der Waals surface area contributed by atoms with Crippen molar-refractivity contribution >= 4 is 23.5 Å². The number of hydrogen-bond donors (Lipinski definition) is 4. The topological polar surface area (TPSA) is 112 Å². The molecule has 0 atom stereocenters. The van der Waals surface area contributed by atoms with Gasteiger partial charge >= 0.3 is 6.03 Å². The van der Waals surface area contributed by atoms with Crippen molar-refractivity contribution in [3.8, 4) is 0 Å². The third-order valence-electron chi connectivity index (χ3n) is 3.27. The smallest absolute Gasteiger partial charge is 0.319 e. The first-order valence-corrected chi connectivity index (χ1v) is 8.23. The number of urea groups is 1. The number of rotatable bonds is 7. The minimum atomic E-state index is -0.334. The number of carbonyl (C=O) groups is 3. The average Bonchev–Trinajstić information content (AvgIpc) is 3.13. The highest BCUT2D eigenvalue weighted by Gasteiger charge is 2.09. The summed E-state index contributed by atoms with van der Waals surface area (Å²) < 4.78 is 4.97. The first-order valence-electron chi connectivity index (χ1n) is 8.23. The van der Waals surface area contributed by atoms with Crippen molar-refractivity contribution in [1.29, 1.82) is 0 Å². The van der Waals surface area contributed by atoms with E-state index in [2.05, 4.69) is 21.3 Å². The summed E-state index contributed by atoms with van der Waals surface area (Å²) in [5.41, 5.74) is 1.04. The van der Waals surface area contributed by atoms with Gasteiger partial charge < -0.3 is 25.7 Å². The van der Waals surface area contributed by atoms with Crippen LogP contribution in [0.1, 0.15) is 34.8 Å². The largest absolute Gasteiger partial charge is 0.459 e. The summed E-state index contributed by atoms with van der Waals surface area (Å²) in [6.45, 7) is 4.29. The van der Waals surface area contributed by atoms with E-state index in [0.717, 1.165) is 0 Å². The molecule has 0 aliphatic heterocycles. The molecule has 1 aromatic carbocycles. The van der Waals surface area contributed by atoms with E-state index < -0.39 is 0 Å². The molecule has 0 saturated heterocycles. The maximum Gasteiger partial charge on any atom is 0.319 e. The molecule has 0 aliphatic rings.